The van der Waals surface area contributed by atoms with E-state index in [1.54, 1.807) is 12.3 Å². The molecule has 3 aromatic rings. The third-order valence-electron chi connectivity index (χ3n) is 6.03. The molecule has 4 rings (SSSR count). The first-order chi connectivity index (χ1) is 16.5. The van der Waals surface area contributed by atoms with Crippen molar-refractivity contribution in [3.05, 3.63) is 58.9 Å². The molecule has 2 N–H and O–H groups in total. The molecule has 0 spiro atoms. The number of fused-ring (bicyclic) bond motifs is 1. The summed E-state index contributed by atoms with van der Waals surface area (Å²) in [4.78, 5) is 22.1. The van der Waals surface area contributed by atoms with Crippen molar-refractivity contribution in [3.8, 4) is 11.5 Å². The van der Waals surface area contributed by atoms with Crippen LogP contribution in [0.3, 0.4) is 0 Å². The Morgan fingerprint density at radius 1 is 1.21 bits per heavy atom. The molecule has 4 heterocycles. The largest absolute Gasteiger partial charge is 0.352 e. The highest BCUT2D eigenvalue weighted by atomic mass is 15.3. The number of likely N-dealkylation sites (N-methyl/N-ethyl adjacent to an activating group) is 1. The molecule has 1 saturated heterocycles. The van der Waals surface area contributed by atoms with Gasteiger partial charge in [0.15, 0.2) is 11.6 Å². The van der Waals surface area contributed by atoms with E-state index in [1.807, 2.05) is 57.3 Å². The molecule has 0 bridgehead atoms. The minimum absolute atomic E-state index is 0.729. The number of imidazole rings is 1. The van der Waals surface area contributed by atoms with Crippen molar-refractivity contribution in [3.63, 3.8) is 0 Å². The first-order valence-electron chi connectivity index (χ1n) is 11.6. The average molecular weight is 457 g/mol. The Hall–Kier alpha value is -3.78. The van der Waals surface area contributed by atoms with Crippen LogP contribution in [0.15, 0.2) is 53.3 Å². The fraction of sp³-hybridized carbons (Fsp3) is 0.308. The number of allylic oxidation sites excluding steroid dienone is 4. The van der Waals surface area contributed by atoms with Crippen LogP contribution in [-0.4, -0.2) is 69.5 Å². The van der Waals surface area contributed by atoms with Crippen molar-refractivity contribution in [2.45, 2.75) is 20.8 Å². The number of aromatic amines is 2. The zero-order chi connectivity index (χ0) is 24.1. The van der Waals surface area contributed by atoms with Crippen LogP contribution in [0.1, 0.15) is 20.8 Å². The molecular weight excluding hydrogens is 424 g/mol. The highest BCUT2D eigenvalue weighted by molar-refractivity contribution is 5.88. The Balaban J connectivity index is 1.71. The lowest BCUT2D eigenvalue weighted by Gasteiger charge is -2.33. The summed E-state index contributed by atoms with van der Waals surface area (Å²) < 4.78 is 0. The maximum Gasteiger partial charge on any atom is 0.159 e. The number of nitrogens with one attached hydrogen (secondary N) is 2. The zero-order valence-corrected chi connectivity index (χ0v) is 20.3. The molecular formula is C26H32N8. The highest BCUT2D eigenvalue weighted by Gasteiger charge is 2.20. The summed E-state index contributed by atoms with van der Waals surface area (Å²) in [6.07, 6.45) is 13.3. The van der Waals surface area contributed by atoms with Crippen LogP contribution < -0.4 is 15.5 Å². The number of aromatic nitrogens is 5. The number of anilines is 1. The molecule has 176 valence electrons. The van der Waals surface area contributed by atoms with Gasteiger partial charge in [0.25, 0.3) is 0 Å². The Kier molecular flexibility index (Phi) is 7.18. The molecule has 3 aromatic heterocycles. The number of H-pyrrole nitrogens is 2. The number of hydrogen-bond acceptors (Lipinski definition) is 6. The number of piperazine rings is 1. The summed E-state index contributed by atoms with van der Waals surface area (Å²) in [5.74, 6) is 1.66. The first kappa shape index (κ1) is 23.4. The second-order valence-electron chi connectivity index (χ2n) is 8.30. The standard InChI is InChI=1S/C26H32N8/c1-6-12-27-20(8-3)18(4)9-10-21-19(7-2)23(32-31-21)25-29-22-11-13-28-26(24(22)30-25)34-16-14-33(5)15-17-34/h6-13,31H,1,14-17H2,2-5H3,(H,29,30)/b18-9+,19-7-,20-8-,21-10+,27-12-. The predicted molar refractivity (Wildman–Crippen MR) is 141 cm³/mol. The molecule has 0 atom stereocenters. The monoisotopic (exact) mass is 456 g/mol. The average Bonchev–Trinajstić information content (AvgIpc) is 3.47. The van der Waals surface area contributed by atoms with Crippen LogP contribution in [0.4, 0.5) is 5.82 Å². The van der Waals surface area contributed by atoms with Crippen LogP contribution in [-0.2, 0) is 0 Å². The maximum absolute atomic E-state index is 4.93. The number of nitrogens with zero attached hydrogens (tertiary/aromatic N) is 6. The molecule has 1 fully saturated rings. The Bertz CT molecular complexity index is 1380. The smallest absolute Gasteiger partial charge is 0.159 e. The zero-order valence-electron chi connectivity index (χ0n) is 20.3. The lowest BCUT2D eigenvalue weighted by Crippen LogP contribution is -2.44. The molecule has 0 amide bonds. The third kappa shape index (κ3) is 4.77. The van der Waals surface area contributed by atoms with Gasteiger partial charge in [-0.3, -0.25) is 10.1 Å². The van der Waals surface area contributed by atoms with E-state index in [1.165, 1.54) is 0 Å². The minimum atomic E-state index is 0.729. The Morgan fingerprint density at radius 2 is 2.00 bits per heavy atom. The van der Waals surface area contributed by atoms with Gasteiger partial charge < -0.3 is 14.8 Å². The number of hydrogen-bond donors (Lipinski definition) is 2. The number of pyridine rings is 1. The van der Waals surface area contributed by atoms with E-state index >= 15 is 0 Å². The van der Waals surface area contributed by atoms with Gasteiger partial charge in [0, 0.05) is 43.8 Å². The van der Waals surface area contributed by atoms with E-state index in [4.69, 9.17) is 4.98 Å². The fourth-order valence-electron chi connectivity index (χ4n) is 4.08. The van der Waals surface area contributed by atoms with Crippen molar-refractivity contribution in [2.75, 3.05) is 38.1 Å². The van der Waals surface area contributed by atoms with E-state index < -0.39 is 0 Å². The molecule has 0 radical (unpaired) electrons. The molecule has 0 aliphatic carbocycles. The molecule has 8 heteroatoms. The highest BCUT2D eigenvalue weighted by Crippen LogP contribution is 2.25. The summed E-state index contributed by atoms with van der Waals surface area (Å²) in [5, 5.41) is 9.66. The van der Waals surface area contributed by atoms with Crippen LogP contribution in [0.5, 0.6) is 0 Å². The normalized spacial score (nSPS) is 17.5. The molecule has 1 aliphatic rings. The predicted octanol–water partition coefficient (Wildman–Crippen LogP) is 2.79. The maximum atomic E-state index is 4.93. The molecule has 0 unspecified atom stereocenters. The summed E-state index contributed by atoms with van der Waals surface area (Å²) in [6, 6.07) is 1.97. The lowest BCUT2D eigenvalue weighted by molar-refractivity contribution is 0.312. The topological polar surface area (TPSA) is 89.1 Å². The van der Waals surface area contributed by atoms with E-state index in [-0.39, 0.29) is 0 Å². The Labute approximate surface area is 199 Å². The van der Waals surface area contributed by atoms with Gasteiger partial charge in [0.1, 0.15) is 11.2 Å². The van der Waals surface area contributed by atoms with Crippen LogP contribution in [0.25, 0.3) is 34.7 Å². The second kappa shape index (κ2) is 10.4. The van der Waals surface area contributed by atoms with Gasteiger partial charge in [-0.15, -0.1) is 0 Å². The van der Waals surface area contributed by atoms with Gasteiger partial charge >= 0.3 is 0 Å². The second-order valence-corrected chi connectivity index (χ2v) is 8.30. The summed E-state index contributed by atoms with van der Waals surface area (Å²) in [6.45, 7) is 13.6. The van der Waals surface area contributed by atoms with Gasteiger partial charge in [-0.1, -0.05) is 30.9 Å². The van der Waals surface area contributed by atoms with Crippen LogP contribution in [0.2, 0.25) is 0 Å². The molecule has 8 nitrogen and oxygen atoms in total. The lowest BCUT2D eigenvalue weighted by atomic mass is 10.2. The SMILES string of the molecule is C=C\C=N/C(=C\C)C(/C)=C/C=c1/[nH]nc(-c2nc3c(N4CCN(C)CC4)nccc3[nH]2)/c1=C\C. The van der Waals surface area contributed by atoms with Crippen molar-refractivity contribution in [1.82, 2.24) is 30.0 Å². The summed E-state index contributed by atoms with van der Waals surface area (Å²) >= 11 is 0. The van der Waals surface area contributed by atoms with Crippen molar-refractivity contribution >= 4 is 35.2 Å². The van der Waals surface area contributed by atoms with Crippen molar-refractivity contribution < 1.29 is 0 Å². The quantitative estimate of drug-likeness (QED) is 0.440. The molecule has 1 aliphatic heterocycles. The minimum Gasteiger partial charge on any atom is -0.352 e. The van der Waals surface area contributed by atoms with E-state index in [0.29, 0.717) is 0 Å². The van der Waals surface area contributed by atoms with Gasteiger partial charge in [0.2, 0.25) is 0 Å². The van der Waals surface area contributed by atoms with Crippen LogP contribution in [0, 0.1) is 0 Å². The van der Waals surface area contributed by atoms with Crippen LogP contribution >= 0.6 is 0 Å². The van der Waals surface area contributed by atoms with E-state index in [9.17, 15) is 0 Å². The van der Waals surface area contributed by atoms with Gasteiger partial charge in [-0.05, 0) is 45.5 Å². The van der Waals surface area contributed by atoms with Gasteiger partial charge in [-0.2, -0.15) is 5.10 Å². The summed E-state index contributed by atoms with van der Waals surface area (Å²) in [5.41, 5.74) is 4.58. The Morgan fingerprint density at radius 3 is 2.71 bits per heavy atom. The van der Waals surface area contributed by atoms with Crippen molar-refractivity contribution in [2.24, 2.45) is 4.99 Å². The van der Waals surface area contributed by atoms with E-state index in [0.717, 1.165) is 76.4 Å². The molecule has 34 heavy (non-hydrogen) atoms. The molecule has 0 aromatic carbocycles. The third-order valence-corrected chi connectivity index (χ3v) is 6.03. The number of aliphatic imine (C=N–C) groups is 1. The molecule has 0 saturated carbocycles. The van der Waals surface area contributed by atoms with Gasteiger partial charge in [0.05, 0.1) is 16.6 Å². The summed E-state index contributed by atoms with van der Waals surface area (Å²) in [7, 11) is 2.15. The van der Waals surface area contributed by atoms with Gasteiger partial charge in [-0.25, -0.2) is 9.97 Å². The number of rotatable bonds is 6. The van der Waals surface area contributed by atoms with E-state index in [2.05, 4.69) is 48.6 Å². The first-order valence-corrected chi connectivity index (χ1v) is 11.6. The fourth-order valence-corrected chi connectivity index (χ4v) is 4.08. The van der Waals surface area contributed by atoms with Crippen molar-refractivity contribution in [1.29, 1.82) is 0 Å².